The lowest BCUT2D eigenvalue weighted by molar-refractivity contribution is 0.0697. The molecule has 0 heterocycles. The Morgan fingerprint density at radius 1 is 1.35 bits per heavy atom. The third-order valence-electron chi connectivity index (χ3n) is 1.77. The molecule has 1 aromatic carbocycles. The largest absolute Gasteiger partial charge is 0.478 e. The van der Waals surface area contributed by atoms with Crippen molar-refractivity contribution in [3.8, 4) is 0 Å². The topological polar surface area (TPSA) is 63.6 Å². The van der Waals surface area contributed by atoms with Gasteiger partial charge in [0, 0.05) is 5.75 Å². The molecule has 1 N–H and O–H groups in total. The third kappa shape index (κ3) is 5.43. The van der Waals surface area contributed by atoms with Crippen LogP contribution in [0.2, 0.25) is 0 Å². The van der Waals surface area contributed by atoms with Gasteiger partial charge in [-0.25, -0.2) is 9.59 Å². The van der Waals surface area contributed by atoms with Crippen molar-refractivity contribution < 1.29 is 18.9 Å². The lowest BCUT2D eigenvalue weighted by Gasteiger charge is -2.02. The Balaban J connectivity index is 0.00000256. The summed E-state index contributed by atoms with van der Waals surface area (Å²) in [6.45, 7) is 1.98. The van der Waals surface area contributed by atoms with Crippen molar-refractivity contribution >= 4 is 47.0 Å². The van der Waals surface area contributed by atoms with Crippen LogP contribution in [0.3, 0.4) is 0 Å². The Morgan fingerprint density at radius 2 is 2.00 bits per heavy atom. The number of hydrogen-bond donors (Lipinski definition) is 1. The van der Waals surface area contributed by atoms with Crippen molar-refractivity contribution in [2.45, 2.75) is 13.3 Å². The highest BCUT2D eigenvalue weighted by Gasteiger charge is 2.10. The predicted molar refractivity (Wildman–Crippen MR) is 70.1 cm³/mol. The van der Waals surface area contributed by atoms with Crippen LogP contribution < -0.4 is 0 Å². The lowest BCUT2D eigenvalue weighted by atomic mass is 10.1. The van der Waals surface area contributed by atoms with Gasteiger partial charge in [-0.2, -0.15) is 0 Å². The van der Waals surface area contributed by atoms with Gasteiger partial charge < -0.3 is 9.29 Å². The second-order valence-electron chi connectivity index (χ2n) is 3.08. The van der Waals surface area contributed by atoms with E-state index in [1.165, 1.54) is 24.3 Å². The van der Waals surface area contributed by atoms with Crippen LogP contribution in [0.5, 0.6) is 0 Å². The summed E-state index contributed by atoms with van der Waals surface area (Å²) in [5, 5.41) is 8.75. The fraction of sp³-hybridized carbons (Fsp3) is 0.273. The molecular formula is C11H14MgO4S. The van der Waals surface area contributed by atoms with E-state index in [4.69, 9.17) is 9.29 Å². The molecule has 0 aliphatic rings. The van der Waals surface area contributed by atoms with Crippen LogP contribution in [0.1, 0.15) is 34.1 Å². The Morgan fingerprint density at radius 3 is 2.59 bits per heavy atom. The first-order chi connectivity index (χ1) is 7.65. The molecule has 0 bridgehead atoms. The predicted octanol–water partition coefficient (Wildman–Crippen LogP) is 1.68. The molecule has 0 aliphatic heterocycles. The molecule has 17 heavy (non-hydrogen) atoms. The highest BCUT2D eigenvalue weighted by Crippen LogP contribution is 2.12. The third-order valence-corrected chi connectivity index (χ3v) is 2.61. The van der Waals surface area contributed by atoms with E-state index in [2.05, 4.69) is 0 Å². The molecule has 0 amide bonds. The Labute approximate surface area is 120 Å². The molecule has 0 saturated heterocycles. The second-order valence-corrected chi connectivity index (χ2v) is 3.89. The first-order valence-electron chi connectivity index (χ1n) is 4.82. The number of rotatable bonds is 5. The summed E-state index contributed by atoms with van der Waals surface area (Å²) in [5.74, 6) is -0.845. The fourth-order valence-corrected chi connectivity index (χ4v) is 1.46. The van der Waals surface area contributed by atoms with Crippen LogP contribution in [0.4, 0.5) is 0 Å². The van der Waals surface area contributed by atoms with Crippen molar-refractivity contribution in [1.29, 1.82) is 0 Å². The maximum absolute atomic E-state index is 11.5. The number of carbonyl (C=O) groups is 2. The van der Waals surface area contributed by atoms with E-state index in [0.717, 1.165) is 24.2 Å². The summed E-state index contributed by atoms with van der Waals surface area (Å²) in [6, 6.07) is 5.78. The SMILES string of the molecule is CCCSOC(=O)c1cccc(C(=O)O)c1.[MgH2]. The van der Waals surface area contributed by atoms with Crippen LogP contribution in [0.25, 0.3) is 0 Å². The monoisotopic (exact) mass is 266 g/mol. The highest BCUT2D eigenvalue weighted by molar-refractivity contribution is 7.95. The van der Waals surface area contributed by atoms with E-state index >= 15 is 0 Å². The molecule has 0 aromatic heterocycles. The number of hydrogen-bond acceptors (Lipinski definition) is 4. The van der Waals surface area contributed by atoms with Gasteiger partial charge >= 0.3 is 35.0 Å². The zero-order valence-electron chi connectivity index (χ0n) is 8.80. The van der Waals surface area contributed by atoms with Crippen LogP contribution in [-0.4, -0.2) is 45.9 Å². The zero-order chi connectivity index (χ0) is 12.0. The second kappa shape index (κ2) is 8.38. The van der Waals surface area contributed by atoms with Crippen LogP contribution in [0, 0.1) is 0 Å². The van der Waals surface area contributed by atoms with Crippen LogP contribution >= 0.6 is 12.0 Å². The summed E-state index contributed by atoms with van der Waals surface area (Å²) < 4.78 is 4.89. The van der Waals surface area contributed by atoms with Crippen molar-refractivity contribution in [1.82, 2.24) is 0 Å². The smallest absolute Gasteiger partial charge is 0.350 e. The van der Waals surface area contributed by atoms with E-state index in [9.17, 15) is 9.59 Å². The fourth-order valence-electron chi connectivity index (χ4n) is 1.01. The van der Waals surface area contributed by atoms with Gasteiger partial charge in [0.05, 0.1) is 23.2 Å². The molecular weight excluding hydrogens is 252 g/mol. The average molecular weight is 267 g/mol. The number of carboxylic acid groups (broad SMARTS) is 1. The lowest BCUT2D eigenvalue weighted by Crippen LogP contribution is -2.03. The van der Waals surface area contributed by atoms with Gasteiger partial charge in [0.1, 0.15) is 0 Å². The summed E-state index contributed by atoms with van der Waals surface area (Å²) in [7, 11) is 0. The van der Waals surface area contributed by atoms with Gasteiger partial charge in [-0.1, -0.05) is 13.0 Å². The standard InChI is InChI=1S/C11H12O4S.Mg.2H/c1-2-6-16-15-11(14)9-5-3-4-8(7-9)10(12)13;;;/h3-5,7H,2,6H2,1H3,(H,12,13);;;. The summed E-state index contributed by atoms with van der Waals surface area (Å²) in [4.78, 5) is 22.1. The number of carbonyl (C=O) groups excluding carboxylic acids is 1. The molecule has 0 aliphatic carbocycles. The van der Waals surface area contributed by atoms with E-state index in [-0.39, 0.29) is 34.2 Å². The number of carboxylic acids is 1. The van der Waals surface area contributed by atoms with Gasteiger partial charge in [-0.3, -0.25) is 0 Å². The van der Waals surface area contributed by atoms with Crippen molar-refractivity contribution in [2.75, 3.05) is 5.75 Å². The average Bonchev–Trinajstić information content (AvgIpc) is 2.29. The van der Waals surface area contributed by atoms with E-state index in [1.807, 2.05) is 6.92 Å². The maximum Gasteiger partial charge on any atom is 0.350 e. The Bertz CT molecular complexity index is 395. The molecule has 90 valence electrons. The molecule has 0 spiro atoms. The number of benzene rings is 1. The van der Waals surface area contributed by atoms with Gasteiger partial charge in [0.15, 0.2) is 0 Å². The van der Waals surface area contributed by atoms with E-state index in [1.54, 1.807) is 0 Å². The minimum absolute atomic E-state index is 0. The van der Waals surface area contributed by atoms with Gasteiger partial charge in [0.25, 0.3) is 0 Å². The summed E-state index contributed by atoms with van der Waals surface area (Å²) >= 11 is 1.07. The van der Waals surface area contributed by atoms with Crippen molar-refractivity contribution in [3.05, 3.63) is 35.4 Å². The molecule has 0 saturated carbocycles. The van der Waals surface area contributed by atoms with E-state index < -0.39 is 11.9 Å². The van der Waals surface area contributed by atoms with Gasteiger partial charge in [0.2, 0.25) is 0 Å². The molecule has 4 nitrogen and oxygen atoms in total. The molecule has 6 heteroatoms. The normalized spacial score (nSPS) is 9.24. The quantitative estimate of drug-likeness (QED) is 0.499. The number of aromatic carboxylic acids is 1. The Hall–Kier alpha value is -0.724. The van der Waals surface area contributed by atoms with Crippen molar-refractivity contribution in [3.63, 3.8) is 0 Å². The summed E-state index contributed by atoms with van der Waals surface area (Å²) in [6.07, 6.45) is 0.910. The minimum Gasteiger partial charge on any atom is -0.478 e. The molecule has 0 unspecified atom stereocenters. The zero-order valence-corrected chi connectivity index (χ0v) is 9.62. The first-order valence-corrected chi connectivity index (χ1v) is 5.73. The molecule has 0 fully saturated rings. The molecule has 0 atom stereocenters. The minimum atomic E-state index is -1.06. The Kier molecular flexibility index (Phi) is 8.02. The van der Waals surface area contributed by atoms with Gasteiger partial charge in [-0.05, 0) is 24.6 Å². The maximum atomic E-state index is 11.5. The highest BCUT2D eigenvalue weighted by atomic mass is 32.2. The van der Waals surface area contributed by atoms with Crippen LogP contribution in [0.15, 0.2) is 24.3 Å². The molecule has 1 rings (SSSR count). The van der Waals surface area contributed by atoms with Gasteiger partial charge in [-0.15, -0.1) is 0 Å². The van der Waals surface area contributed by atoms with Crippen molar-refractivity contribution in [2.24, 2.45) is 0 Å². The van der Waals surface area contributed by atoms with Crippen LogP contribution in [-0.2, 0) is 4.18 Å². The molecule has 0 radical (unpaired) electrons. The first kappa shape index (κ1) is 16.3. The summed E-state index contributed by atoms with van der Waals surface area (Å²) in [5.41, 5.74) is 0.332. The molecule has 1 aromatic rings. The van der Waals surface area contributed by atoms with E-state index in [0.29, 0.717) is 0 Å².